The number of aliphatic hydroxyl groups excluding tert-OH is 5. The molecule has 8 heteroatoms. The van der Waals surface area contributed by atoms with Crippen molar-refractivity contribution in [2.45, 2.75) is 24.4 Å². The Morgan fingerprint density at radius 1 is 1.07 bits per heavy atom. The molecule has 0 heterocycles. The molecule has 0 aliphatic carbocycles. The molecule has 0 spiro atoms. The number of nitrogens with one attached hydrogen (secondary N) is 1. The van der Waals surface area contributed by atoms with Crippen molar-refractivity contribution < 1.29 is 30.7 Å². The van der Waals surface area contributed by atoms with Crippen molar-refractivity contribution >= 4 is 6.34 Å². The Bertz CT molecular complexity index is 190. The van der Waals surface area contributed by atoms with Crippen LogP contribution in [0.5, 0.6) is 0 Å². The van der Waals surface area contributed by atoms with Gasteiger partial charge in [-0.3, -0.25) is 15.7 Å². The molecule has 0 amide bonds. The number of nitrogens with zero attached hydrogens (tertiary/aromatic N) is 1. The Kier molecular flexibility index (Phi) is 7.13. The molecule has 7 N–H and O–H groups in total. The molecule has 0 unspecified atom stereocenters. The molecule has 0 saturated carbocycles. The smallest absolute Gasteiger partial charge is 0.111 e. The fourth-order valence-corrected chi connectivity index (χ4v) is 0.873. The van der Waals surface area contributed by atoms with Crippen molar-refractivity contribution in [3.8, 4) is 0 Å². The van der Waals surface area contributed by atoms with Crippen LogP contribution in [-0.2, 0) is 0 Å². The first-order chi connectivity index (χ1) is 7.04. The Balaban J connectivity index is 4.06. The lowest BCUT2D eigenvalue weighted by Gasteiger charge is -2.24. The molecule has 0 aliphatic heterocycles. The lowest BCUT2D eigenvalue weighted by molar-refractivity contribution is -0.112. The third kappa shape index (κ3) is 5.02. The van der Waals surface area contributed by atoms with Crippen molar-refractivity contribution in [1.29, 1.82) is 0 Å². The highest BCUT2D eigenvalue weighted by atomic mass is 16.5. The summed E-state index contributed by atoms with van der Waals surface area (Å²) in [5.74, 6) is 0. The first-order valence-electron chi connectivity index (χ1n) is 4.25. The van der Waals surface area contributed by atoms with Crippen LogP contribution in [-0.4, -0.2) is 74.6 Å². The molecule has 0 aliphatic rings. The maximum absolute atomic E-state index is 9.26. The zero-order valence-electron chi connectivity index (χ0n) is 7.93. The topological polar surface area (TPSA) is 146 Å². The van der Waals surface area contributed by atoms with Gasteiger partial charge in [-0.15, -0.1) is 0 Å². The number of hydrogen-bond donors (Lipinski definition) is 7. The van der Waals surface area contributed by atoms with E-state index in [1.54, 1.807) is 5.48 Å². The Hall–Kier alpha value is -0.770. The minimum Gasteiger partial charge on any atom is -0.394 e. The molecular formula is C7H16N2O6. The van der Waals surface area contributed by atoms with Crippen LogP contribution in [0.2, 0.25) is 0 Å². The van der Waals surface area contributed by atoms with Gasteiger partial charge in [0.05, 0.1) is 13.2 Å². The van der Waals surface area contributed by atoms with Gasteiger partial charge < -0.3 is 25.5 Å². The van der Waals surface area contributed by atoms with E-state index in [4.69, 9.17) is 15.4 Å². The summed E-state index contributed by atoms with van der Waals surface area (Å²) >= 11 is 0. The van der Waals surface area contributed by atoms with Crippen molar-refractivity contribution in [2.75, 3.05) is 13.2 Å². The summed E-state index contributed by atoms with van der Waals surface area (Å²) in [6.07, 6.45) is -5.36. The summed E-state index contributed by atoms with van der Waals surface area (Å²) < 4.78 is 0. The summed E-state index contributed by atoms with van der Waals surface area (Å²) in [4.78, 5) is 3.43. The van der Waals surface area contributed by atoms with Crippen LogP contribution in [0.4, 0.5) is 0 Å². The molecule has 0 aromatic heterocycles. The van der Waals surface area contributed by atoms with Crippen molar-refractivity contribution in [3.05, 3.63) is 0 Å². The van der Waals surface area contributed by atoms with Crippen molar-refractivity contribution in [1.82, 2.24) is 5.48 Å². The zero-order chi connectivity index (χ0) is 11.8. The predicted octanol–water partition coefficient (Wildman–Crippen LogP) is -3.57. The summed E-state index contributed by atoms with van der Waals surface area (Å²) in [5.41, 5.74) is 1.59. The maximum Gasteiger partial charge on any atom is 0.111 e. The average molecular weight is 224 g/mol. The fourth-order valence-electron chi connectivity index (χ4n) is 0.873. The zero-order valence-corrected chi connectivity index (χ0v) is 7.93. The van der Waals surface area contributed by atoms with Gasteiger partial charge in [0.2, 0.25) is 0 Å². The Morgan fingerprint density at radius 2 is 1.60 bits per heavy atom. The number of aliphatic imine (C=N–C) groups is 1. The van der Waals surface area contributed by atoms with Crippen LogP contribution in [0.1, 0.15) is 0 Å². The molecule has 0 radical (unpaired) electrons. The van der Waals surface area contributed by atoms with Crippen LogP contribution >= 0.6 is 0 Å². The Labute approximate surface area is 86.1 Å². The van der Waals surface area contributed by atoms with Gasteiger partial charge in [0.25, 0.3) is 0 Å². The number of hydrogen-bond acceptors (Lipinski definition) is 7. The number of aliphatic hydroxyl groups is 5. The highest BCUT2D eigenvalue weighted by Crippen LogP contribution is 2.05. The van der Waals surface area contributed by atoms with Gasteiger partial charge in [-0.05, 0) is 0 Å². The van der Waals surface area contributed by atoms with Gasteiger partial charge in [-0.1, -0.05) is 0 Å². The first kappa shape index (κ1) is 14.2. The number of hydroxylamine groups is 1. The lowest BCUT2D eigenvalue weighted by atomic mass is 10.0. The van der Waals surface area contributed by atoms with Crippen LogP contribution < -0.4 is 5.48 Å². The predicted molar refractivity (Wildman–Crippen MR) is 49.4 cm³/mol. The summed E-state index contributed by atoms with van der Waals surface area (Å²) in [6.45, 7) is -1.00. The van der Waals surface area contributed by atoms with E-state index in [1.165, 1.54) is 0 Å². The van der Waals surface area contributed by atoms with Gasteiger partial charge in [0, 0.05) is 0 Å². The monoisotopic (exact) mass is 224 g/mol. The van der Waals surface area contributed by atoms with Gasteiger partial charge in [0.15, 0.2) is 0 Å². The first-order valence-corrected chi connectivity index (χ1v) is 4.25. The second-order valence-electron chi connectivity index (χ2n) is 2.92. The second kappa shape index (κ2) is 7.51. The molecular weight excluding hydrogens is 208 g/mol. The Morgan fingerprint density at radius 3 is 2.07 bits per heavy atom. The molecule has 0 fully saturated rings. The van der Waals surface area contributed by atoms with E-state index in [-0.39, 0.29) is 6.54 Å². The normalized spacial score (nSPS) is 19.9. The summed E-state index contributed by atoms with van der Waals surface area (Å²) in [7, 11) is 0. The van der Waals surface area contributed by atoms with Crippen LogP contribution in [0.3, 0.4) is 0 Å². The quantitative estimate of drug-likeness (QED) is 0.134. The molecule has 0 bridgehead atoms. The third-order valence-electron chi connectivity index (χ3n) is 1.77. The highest BCUT2D eigenvalue weighted by molar-refractivity contribution is 5.52. The van der Waals surface area contributed by atoms with E-state index in [0.717, 1.165) is 6.34 Å². The maximum atomic E-state index is 9.26. The highest BCUT2D eigenvalue weighted by Gasteiger charge is 2.29. The second-order valence-corrected chi connectivity index (χ2v) is 2.92. The van der Waals surface area contributed by atoms with Crippen molar-refractivity contribution in [3.63, 3.8) is 0 Å². The van der Waals surface area contributed by atoms with E-state index in [9.17, 15) is 15.3 Å². The average Bonchev–Trinajstić information content (AvgIpc) is 2.26. The minimum absolute atomic E-state index is 0.274. The van der Waals surface area contributed by atoms with Gasteiger partial charge in [-0.2, -0.15) is 0 Å². The SMILES string of the molecule is OC[C@@H](O)[C@@H](O)[C@H](O)[C@@H](O)CN=CNO. The molecule has 0 aromatic rings. The third-order valence-corrected chi connectivity index (χ3v) is 1.77. The fraction of sp³-hybridized carbons (Fsp3) is 0.857. The molecule has 0 rings (SSSR count). The summed E-state index contributed by atoms with van der Waals surface area (Å²) in [5, 5.41) is 53.2. The molecule has 4 atom stereocenters. The van der Waals surface area contributed by atoms with Gasteiger partial charge in [0.1, 0.15) is 30.8 Å². The van der Waals surface area contributed by atoms with E-state index in [0.29, 0.717) is 0 Å². The van der Waals surface area contributed by atoms with Crippen LogP contribution in [0.15, 0.2) is 4.99 Å². The van der Waals surface area contributed by atoms with E-state index < -0.39 is 31.0 Å². The largest absolute Gasteiger partial charge is 0.394 e. The van der Waals surface area contributed by atoms with Crippen molar-refractivity contribution in [2.24, 2.45) is 4.99 Å². The summed E-state index contributed by atoms with van der Waals surface area (Å²) in [6, 6.07) is 0. The van der Waals surface area contributed by atoms with Crippen LogP contribution in [0, 0.1) is 0 Å². The molecule has 0 saturated heterocycles. The molecule has 15 heavy (non-hydrogen) atoms. The van der Waals surface area contributed by atoms with E-state index in [2.05, 4.69) is 4.99 Å². The van der Waals surface area contributed by atoms with Gasteiger partial charge >= 0.3 is 0 Å². The standard InChI is InChI=1S/C7H16N2O6/c10-2-5(12)7(14)6(13)4(11)1-8-3-9-15/h3-7,10-15H,1-2H2,(H,8,9)/t4-,5+,6+,7+/m0/s1. The van der Waals surface area contributed by atoms with Crippen LogP contribution in [0.25, 0.3) is 0 Å². The molecule has 90 valence electrons. The molecule has 8 nitrogen and oxygen atoms in total. The lowest BCUT2D eigenvalue weighted by Crippen LogP contribution is -2.46. The van der Waals surface area contributed by atoms with E-state index in [1.807, 2.05) is 0 Å². The van der Waals surface area contributed by atoms with E-state index >= 15 is 0 Å². The minimum atomic E-state index is -1.66. The number of rotatable bonds is 7. The molecule has 0 aromatic carbocycles. The van der Waals surface area contributed by atoms with Gasteiger partial charge in [-0.25, -0.2) is 0 Å².